The molecular weight excluding hydrogens is 242 g/mol. The van der Waals surface area contributed by atoms with Crippen LogP contribution in [0.2, 0.25) is 0 Å². The van der Waals surface area contributed by atoms with Gasteiger partial charge in [0.2, 0.25) is 5.91 Å². The van der Waals surface area contributed by atoms with E-state index in [1.54, 1.807) is 24.3 Å². The third-order valence-corrected chi connectivity index (χ3v) is 3.42. The Morgan fingerprint density at radius 2 is 2.00 bits per heavy atom. The van der Waals surface area contributed by atoms with Crippen molar-refractivity contribution in [1.29, 1.82) is 0 Å². The number of primary amides is 1. The van der Waals surface area contributed by atoms with Gasteiger partial charge in [0, 0.05) is 36.3 Å². The van der Waals surface area contributed by atoms with Crippen LogP contribution >= 0.6 is 0 Å². The summed E-state index contributed by atoms with van der Waals surface area (Å²) in [6.07, 6.45) is 0. The standard InChI is InChI=1S/C14H19N3O2/c1-9-8-17(10(2)7-16-9)14(19)12-5-3-4-11(6-12)13(15)18/h3-6,9-10,16H,7-8H2,1-2H3,(H2,15,18). The number of rotatable bonds is 2. The number of piperazine rings is 1. The second-order valence-electron chi connectivity index (χ2n) is 5.06. The highest BCUT2D eigenvalue weighted by Crippen LogP contribution is 2.13. The van der Waals surface area contributed by atoms with Crippen molar-refractivity contribution in [3.8, 4) is 0 Å². The topological polar surface area (TPSA) is 75.4 Å². The molecule has 3 N–H and O–H groups in total. The number of hydrogen-bond donors (Lipinski definition) is 2. The number of amides is 2. The second kappa shape index (κ2) is 5.40. The first-order valence-electron chi connectivity index (χ1n) is 6.43. The number of benzene rings is 1. The van der Waals surface area contributed by atoms with Crippen LogP contribution in [-0.4, -0.2) is 41.9 Å². The van der Waals surface area contributed by atoms with E-state index in [1.165, 1.54) is 0 Å². The Labute approximate surface area is 112 Å². The molecule has 0 spiro atoms. The lowest BCUT2D eigenvalue weighted by Crippen LogP contribution is -2.56. The fourth-order valence-corrected chi connectivity index (χ4v) is 2.28. The predicted molar refractivity (Wildman–Crippen MR) is 72.9 cm³/mol. The minimum atomic E-state index is -0.517. The van der Waals surface area contributed by atoms with Crippen LogP contribution in [-0.2, 0) is 0 Å². The normalized spacial score (nSPS) is 23.2. The molecule has 1 aliphatic rings. The van der Waals surface area contributed by atoms with E-state index in [0.29, 0.717) is 17.7 Å². The van der Waals surface area contributed by atoms with Crippen molar-refractivity contribution in [1.82, 2.24) is 10.2 Å². The molecule has 1 aliphatic heterocycles. The molecule has 0 aliphatic carbocycles. The molecule has 0 radical (unpaired) electrons. The first kappa shape index (κ1) is 13.5. The first-order valence-corrected chi connectivity index (χ1v) is 6.43. The second-order valence-corrected chi connectivity index (χ2v) is 5.06. The fraction of sp³-hybridized carbons (Fsp3) is 0.429. The van der Waals surface area contributed by atoms with Crippen molar-refractivity contribution in [2.75, 3.05) is 13.1 Å². The fourth-order valence-electron chi connectivity index (χ4n) is 2.28. The van der Waals surface area contributed by atoms with Crippen LogP contribution in [0.15, 0.2) is 24.3 Å². The highest BCUT2D eigenvalue weighted by Gasteiger charge is 2.27. The van der Waals surface area contributed by atoms with Gasteiger partial charge in [0.05, 0.1) is 0 Å². The number of carbonyl (C=O) groups is 2. The number of carbonyl (C=O) groups excluding carboxylic acids is 2. The molecule has 102 valence electrons. The molecule has 19 heavy (non-hydrogen) atoms. The van der Waals surface area contributed by atoms with Gasteiger partial charge in [0.15, 0.2) is 0 Å². The van der Waals surface area contributed by atoms with E-state index in [-0.39, 0.29) is 18.0 Å². The van der Waals surface area contributed by atoms with Crippen LogP contribution in [0.5, 0.6) is 0 Å². The molecule has 2 unspecified atom stereocenters. The SMILES string of the molecule is CC1CN(C(=O)c2cccc(C(N)=O)c2)C(C)CN1. The zero-order valence-electron chi connectivity index (χ0n) is 11.2. The van der Waals surface area contributed by atoms with Crippen LogP contribution in [0.1, 0.15) is 34.6 Å². The molecule has 1 aromatic rings. The largest absolute Gasteiger partial charge is 0.366 e. The highest BCUT2D eigenvalue weighted by atomic mass is 16.2. The highest BCUT2D eigenvalue weighted by molar-refractivity contribution is 5.99. The molecule has 1 saturated heterocycles. The summed E-state index contributed by atoms with van der Waals surface area (Å²) in [5, 5.41) is 3.33. The summed E-state index contributed by atoms with van der Waals surface area (Å²) >= 11 is 0. The van der Waals surface area contributed by atoms with Crippen molar-refractivity contribution in [3.63, 3.8) is 0 Å². The van der Waals surface area contributed by atoms with Crippen LogP contribution in [0.4, 0.5) is 0 Å². The number of nitrogens with one attached hydrogen (secondary N) is 1. The smallest absolute Gasteiger partial charge is 0.254 e. The third-order valence-electron chi connectivity index (χ3n) is 3.42. The molecule has 0 aromatic heterocycles. The summed E-state index contributed by atoms with van der Waals surface area (Å²) in [4.78, 5) is 25.5. The number of hydrogen-bond acceptors (Lipinski definition) is 3. The molecule has 0 saturated carbocycles. The van der Waals surface area contributed by atoms with Crippen molar-refractivity contribution in [2.24, 2.45) is 5.73 Å². The lowest BCUT2D eigenvalue weighted by Gasteiger charge is -2.37. The lowest BCUT2D eigenvalue weighted by molar-refractivity contribution is 0.0616. The minimum Gasteiger partial charge on any atom is -0.366 e. The third kappa shape index (κ3) is 2.93. The molecular formula is C14H19N3O2. The maximum atomic E-state index is 12.5. The van der Waals surface area contributed by atoms with Gasteiger partial charge in [-0.3, -0.25) is 9.59 Å². The molecule has 2 atom stereocenters. The summed E-state index contributed by atoms with van der Waals surface area (Å²) in [5.41, 5.74) is 6.11. The quantitative estimate of drug-likeness (QED) is 0.819. The molecule has 2 rings (SSSR count). The summed E-state index contributed by atoms with van der Waals surface area (Å²) < 4.78 is 0. The predicted octanol–water partition coefficient (Wildman–Crippen LogP) is 0.608. The van der Waals surface area contributed by atoms with E-state index in [0.717, 1.165) is 6.54 Å². The molecule has 1 fully saturated rings. The van der Waals surface area contributed by atoms with Crippen molar-refractivity contribution in [3.05, 3.63) is 35.4 Å². The van der Waals surface area contributed by atoms with Crippen molar-refractivity contribution >= 4 is 11.8 Å². The summed E-state index contributed by atoms with van der Waals surface area (Å²) in [6, 6.07) is 6.99. The number of nitrogens with two attached hydrogens (primary N) is 1. The Morgan fingerprint density at radius 3 is 2.68 bits per heavy atom. The summed E-state index contributed by atoms with van der Waals surface area (Å²) in [6.45, 7) is 5.50. The van der Waals surface area contributed by atoms with Gasteiger partial charge in [0.1, 0.15) is 0 Å². The van der Waals surface area contributed by atoms with Gasteiger partial charge < -0.3 is 16.0 Å². The Bertz CT molecular complexity index is 501. The Kier molecular flexibility index (Phi) is 3.85. The molecule has 5 heteroatoms. The minimum absolute atomic E-state index is 0.0519. The first-order chi connectivity index (χ1) is 8.99. The van der Waals surface area contributed by atoms with Gasteiger partial charge in [-0.1, -0.05) is 6.07 Å². The summed E-state index contributed by atoms with van der Waals surface area (Å²) in [7, 11) is 0. The van der Waals surface area contributed by atoms with E-state index in [4.69, 9.17) is 5.73 Å². The molecule has 1 aromatic carbocycles. The molecule has 2 amide bonds. The maximum Gasteiger partial charge on any atom is 0.254 e. The molecule has 1 heterocycles. The van der Waals surface area contributed by atoms with E-state index >= 15 is 0 Å². The monoisotopic (exact) mass is 261 g/mol. The zero-order chi connectivity index (χ0) is 14.0. The molecule has 0 bridgehead atoms. The van der Waals surface area contributed by atoms with Crippen LogP contribution in [0.25, 0.3) is 0 Å². The van der Waals surface area contributed by atoms with Crippen molar-refractivity contribution in [2.45, 2.75) is 25.9 Å². The van der Waals surface area contributed by atoms with Crippen molar-refractivity contribution < 1.29 is 9.59 Å². The van der Waals surface area contributed by atoms with E-state index in [2.05, 4.69) is 5.32 Å². The van der Waals surface area contributed by atoms with Gasteiger partial charge in [0.25, 0.3) is 5.91 Å². The molecule has 5 nitrogen and oxygen atoms in total. The van der Waals surface area contributed by atoms with E-state index in [9.17, 15) is 9.59 Å². The summed E-state index contributed by atoms with van der Waals surface area (Å²) in [5.74, 6) is -0.569. The Hall–Kier alpha value is -1.88. The average Bonchev–Trinajstić information content (AvgIpc) is 2.41. The van der Waals surface area contributed by atoms with E-state index < -0.39 is 5.91 Å². The zero-order valence-corrected chi connectivity index (χ0v) is 11.2. The van der Waals surface area contributed by atoms with Gasteiger partial charge in [-0.05, 0) is 32.0 Å². The van der Waals surface area contributed by atoms with Gasteiger partial charge >= 0.3 is 0 Å². The van der Waals surface area contributed by atoms with Gasteiger partial charge in [-0.25, -0.2) is 0 Å². The van der Waals surface area contributed by atoms with Gasteiger partial charge in [-0.15, -0.1) is 0 Å². The number of nitrogens with zero attached hydrogens (tertiary/aromatic N) is 1. The van der Waals surface area contributed by atoms with Crippen LogP contribution in [0.3, 0.4) is 0 Å². The van der Waals surface area contributed by atoms with Crippen LogP contribution < -0.4 is 11.1 Å². The Balaban J connectivity index is 2.23. The Morgan fingerprint density at radius 1 is 1.32 bits per heavy atom. The average molecular weight is 261 g/mol. The van der Waals surface area contributed by atoms with Gasteiger partial charge in [-0.2, -0.15) is 0 Å². The van der Waals surface area contributed by atoms with E-state index in [1.807, 2.05) is 18.7 Å². The maximum absolute atomic E-state index is 12.5. The lowest BCUT2D eigenvalue weighted by atomic mass is 10.1. The van der Waals surface area contributed by atoms with Crippen LogP contribution in [0, 0.1) is 0 Å².